The van der Waals surface area contributed by atoms with Gasteiger partial charge in [-0.05, 0) is 5.56 Å². The first-order chi connectivity index (χ1) is 10.8. The van der Waals surface area contributed by atoms with Crippen LogP contribution in [0, 0.1) is 0 Å². The number of rotatable bonds is 3. The molecule has 0 unspecified atom stereocenters. The van der Waals surface area contributed by atoms with Gasteiger partial charge in [0.05, 0.1) is 12.7 Å². The molecule has 0 radical (unpaired) electrons. The zero-order valence-corrected chi connectivity index (χ0v) is 11.5. The van der Waals surface area contributed by atoms with Gasteiger partial charge in [-0.2, -0.15) is 0 Å². The molecule has 0 atom stereocenters. The smallest absolute Gasteiger partial charge is 0.330 e. The Balaban J connectivity index is 1.96. The standard InChI is InChI=1S/C15H12N6O/c22-15-20(9-11-4-2-1-3-5-11)12-8-16-10-19-13(12)21(15)14-17-6-7-18-14/h1-8,10H,9H2,(H,17,18). The van der Waals surface area contributed by atoms with Gasteiger partial charge in [0.25, 0.3) is 0 Å². The number of nitrogens with zero attached hydrogens (tertiary/aromatic N) is 5. The van der Waals surface area contributed by atoms with Crippen molar-refractivity contribution in [1.82, 2.24) is 29.1 Å². The molecule has 0 aliphatic carbocycles. The second-order valence-corrected chi connectivity index (χ2v) is 4.83. The third kappa shape index (κ3) is 1.91. The van der Waals surface area contributed by atoms with Crippen LogP contribution in [0.2, 0.25) is 0 Å². The minimum Gasteiger partial charge on any atom is -0.330 e. The van der Waals surface area contributed by atoms with Crippen molar-refractivity contribution in [2.75, 3.05) is 0 Å². The SMILES string of the molecule is O=c1n(Cc2ccccc2)c2cncnc2n1-c1ncc[nH]1. The summed E-state index contributed by atoms with van der Waals surface area (Å²) >= 11 is 0. The first-order valence-corrected chi connectivity index (χ1v) is 6.79. The highest BCUT2D eigenvalue weighted by atomic mass is 16.2. The number of imidazole rings is 2. The van der Waals surface area contributed by atoms with E-state index in [1.807, 2.05) is 30.3 Å². The molecule has 4 rings (SSSR count). The highest BCUT2D eigenvalue weighted by molar-refractivity contribution is 5.71. The second kappa shape index (κ2) is 4.96. The molecule has 0 spiro atoms. The molecule has 7 heteroatoms. The quantitative estimate of drug-likeness (QED) is 0.618. The topological polar surface area (TPSA) is 81.4 Å². The van der Waals surface area contributed by atoms with Crippen LogP contribution in [-0.4, -0.2) is 29.1 Å². The summed E-state index contributed by atoms with van der Waals surface area (Å²) in [7, 11) is 0. The molecule has 3 aromatic heterocycles. The summed E-state index contributed by atoms with van der Waals surface area (Å²) in [4.78, 5) is 28.1. The normalized spacial score (nSPS) is 11.1. The van der Waals surface area contributed by atoms with Crippen LogP contribution in [-0.2, 0) is 6.54 Å². The Hall–Kier alpha value is -3.22. The van der Waals surface area contributed by atoms with Crippen LogP contribution in [0.4, 0.5) is 0 Å². The highest BCUT2D eigenvalue weighted by Crippen LogP contribution is 2.13. The number of fused-ring (bicyclic) bond motifs is 1. The third-order valence-corrected chi connectivity index (χ3v) is 3.48. The molecule has 0 bridgehead atoms. The van der Waals surface area contributed by atoms with E-state index < -0.39 is 0 Å². The summed E-state index contributed by atoms with van der Waals surface area (Å²) in [6.07, 6.45) is 6.34. The number of hydrogen-bond acceptors (Lipinski definition) is 4. The molecular formula is C15H12N6O. The maximum absolute atomic E-state index is 12.8. The molecule has 1 N–H and O–H groups in total. The monoisotopic (exact) mass is 292 g/mol. The van der Waals surface area contributed by atoms with Crippen LogP contribution in [0.5, 0.6) is 0 Å². The van der Waals surface area contributed by atoms with Crippen LogP contribution >= 0.6 is 0 Å². The maximum Gasteiger partial charge on any atom is 0.337 e. The van der Waals surface area contributed by atoms with E-state index in [0.29, 0.717) is 23.7 Å². The second-order valence-electron chi connectivity index (χ2n) is 4.83. The highest BCUT2D eigenvalue weighted by Gasteiger charge is 2.17. The molecule has 1 aromatic carbocycles. The van der Waals surface area contributed by atoms with E-state index >= 15 is 0 Å². The molecule has 0 amide bonds. The van der Waals surface area contributed by atoms with Gasteiger partial charge in [-0.1, -0.05) is 30.3 Å². The van der Waals surface area contributed by atoms with Gasteiger partial charge in [-0.25, -0.2) is 24.3 Å². The molecule has 3 heterocycles. The Bertz CT molecular complexity index is 968. The minimum atomic E-state index is -0.200. The fourth-order valence-corrected chi connectivity index (χ4v) is 2.48. The van der Waals surface area contributed by atoms with E-state index in [4.69, 9.17) is 0 Å². The fraction of sp³-hybridized carbons (Fsp3) is 0.0667. The van der Waals surface area contributed by atoms with Gasteiger partial charge in [0.2, 0.25) is 5.95 Å². The maximum atomic E-state index is 12.8. The number of aromatic nitrogens is 6. The molecule has 4 aromatic rings. The molecular weight excluding hydrogens is 280 g/mol. The van der Waals surface area contributed by atoms with Gasteiger partial charge in [-0.3, -0.25) is 4.57 Å². The lowest BCUT2D eigenvalue weighted by Crippen LogP contribution is -2.24. The van der Waals surface area contributed by atoms with Crippen LogP contribution in [0.1, 0.15) is 5.56 Å². The van der Waals surface area contributed by atoms with Crippen molar-refractivity contribution < 1.29 is 0 Å². The zero-order chi connectivity index (χ0) is 14.9. The van der Waals surface area contributed by atoms with E-state index in [2.05, 4.69) is 19.9 Å². The van der Waals surface area contributed by atoms with Crippen LogP contribution in [0.25, 0.3) is 17.1 Å². The average Bonchev–Trinajstić information content (AvgIpc) is 3.16. The average molecular weight is 292 g/mol. The molecule has 0 aliphatic heterocycles. The van der Waals surface area contributed by atoms with E-state index in [1.165, 1.54) is 10.9 Å². The van der Waals surface area contributed by atoms with Crippen molar-refractivity contribution in [2.24, 2.45) is 0 Å². The molecule has 0 aliphatic rings. The Kier molecular flexibility index (Phi) is 2.82. The van der Waals surface area contributed by atoms with Crippen molar-refractivity contribution in [1.29, 1.82) is 0 Å². The minimum absolute atomic E-state index is 0.200. The van der Waals surface area contributed by atoms with Crippen LogP contribution in [0.15, 0.2) is 60.0 Å². The van der Waals surface area contributed by atoms with Crippen LogP contribution < -0.4 is 5.69 Å². The summed E-state index contributed by atoms with van der Waals surface area (Å²) < 4.78 is 3.10. The van der Waals surface area contributed by atoms with Gasteiger partial charge >= 0.3 is 5.69 Å². The van der Waals surface area contributed by atoms with Crippen LogP contribution in [0.3, 0.4) is 0 Å². The number of nitrogens with one attached hydrogen (secondary N) is 1. The predicted octanol–water partition coefficient (Wildman–Crippen LogP) is 1.35. The summed E-state index contributed by atoms with van der Waals surface area (Å²) in [6, 6.07) is 9.80. The van der Waals surface area contributed by atoms with Gasteiger partial charge < -0.3 is 4.98 Å². The number of hydrogen-bond donors (Lipinski definition) is 1. The largest absolute Gasteiger partial charge is 0.337 e. The van der Waals surface area contributed by atoms with Crippen molar-refractivity contribution in [3.8, 4) is 5.95 Å². The fourth-order valence-electron chi connectivity index (χ4n) is 2.48. The Morgan fingerprint density at radius 3 is 2.77 bits per heavy atom. The summed E-state index contributed by atoms with van der Waals surface area (Å²) in [5, 5.41) is 0. The first-order valence-electron chi connectivity index (χ1n) is 6.79. The summed E-state index contributed by atoms with van der Waals surface area (Å²) in [5.74, 6) is 0.445. The molecule has 0 saturated heterocycles. The van der Waals surface area contributed by atoms with Crippen molar-refractivity contribution in [3.63, 3.8) is 0 Å². The van der Waals surface area contributed by atoms with E-state index in [1.54, 1.807) is 23.2 Å². The number of H-pyrrole nitrogens is 1. The van der Waals surface area contributed by atoms with Gasteiger partial charge in [-0.15, -0.1) is 0 Å². The predicted molar refractivity (Wildman–Crippen MR) is 80.8 cm³/mol. The Labute approximate surface area is 124 Å². The lowest BCUT2D eigenvalue weighted by Gasteiger charge is -2.02. The zero-order valence-electron chi connectivity index (χ0n) is 11.5. The third-order valence-electron chi connectivity index (χ3n) is 3.48. The van der Waals surface area contributed by atoms with Crippen molar-refractivity contribution in [2.45, 2.75) is 6.54 Å². The van der Waals surface area contributed by atoms with E-state index in [0.717, 1.165) is 5.56 Å². The van der Waals surface area contributed by atoms with Crippen molar-refractivity contribution in [3.05, 3.63) is 71.3 Å². The molecule has 22 heavy (non-hydrogen) atoms. The Morgan fingerprint density at radius 2 is 2.00 bits per heavy atom. The first kappa shape index (κ1) is 12.5. The molecule has 7 nitrogen and oxygen atoms in total. The van der Waals surface area contributed by atoms with Gasteiger partial charge in [0.15, 0.2) is 5.65 Å². The van der Waals surface area contributed by atoms with Crippen molar-refractivity contribution >= 4 is 11.2 Å². The molecule has 108 valence electrons. The molecule has 0 fully saturated rings. The van der Waals surface area contributed by atoms with Gasteiger partial charge in [0, 0.05) is 12.4 Å². The summed E-state index contributed by atoms with van der Waals surface area (Å²) in [5.41, 5.74) is 2.04. The Morgan fingerprint density at radius 1 is 1.14 bits per heavy atom. The lowest BCUT2D eigenvalue weighted by molar-refractivity contribution is 0.753. The molecule has 0 saturated carbocycles. The van der Waals surface area contributed by atoms with E-state index in [9.17, 15) is 4.79 Å². The number of benzene rings is 1. The summed E-state index contributed by atoms with van der Waals surface area (Å²) in [6.45, 7) is 0.456. The van der Waals surface area contributed by atoms with E-state index in [-0.39, 0.29) is 5.69 Å². The number of aromatic amines is 1. The lowest BCUT2D eigenvalue weighted by atomic mass is 10.2. The van der Waals surface area contributed by atoms with Gasteiger partial charge in [0.1, 0.15) is 11.8 Å².